The van der Waals surface area contributed by atoms with E-state index in [2.05, 4.69) is 25.4 Å². The molecule has 0 radical (unpaired) electrons. The molecule has 0 aliphatic carbocycles. The number of nitrogens with zero attached hydrogens (tertiary/aromatic N) is 7. The molecule has 1 fully saturated rings. The quantitative estimate of drug-likeness (QED) is 0.463. The molecule has 12 heteroatoms. The van der Waals surface area contributed by atoms with E-state index >= 15 is 0 Å². The van der Waals surface area contributed by atoms with Crippen LogP contribution in [0.5, 0.6) is 0 Å². The van der Waals surface area contributed by atoms with Crippen LogP contribution in [0.2, 0.25) is 0 Å². The SMILES string of the molecule is OC1=NOC2CN(c3nc(-c4cc(-c5ccon5)n(Cc5ccccc5F)n4)ncc3F)CCC12. The Morgan fingerprint density at radius 2 is 2.00 bits per heavy atom. The summed E-state index contributed by atoms with van der Waals surface area (Å²) in [4.78, 5) is 15.6. The maximum absolute atomic E-state index is 14.8. The van der Waals surface area contributed by atoms with Crippen molar-refractivity contribution in [3.63, 3.8) is 0 Å². The van der Waals surface area contributed by atoms with Crippen LogP contribution in [0.4, 0.5) is 14.6 Å². The molecule has 2 aliphatic rings. The zero-order valence-electron chi connectivity index (χ0n) is 18.3. The molecule has 1 aromatic carbocycles. The number of hydrogen-bond donors (Lipinski definition) is 1. The van der Waals surface area contributed by atoms with E-state index in [0.29, 0.717) is 42.2 Å². The Morgan fingerprint density at radius 1 is 1.11 bits per heavy atom. The molecule has 0 amide bonds. The minimum Gasteiger partial charge on any atom is -0.494 e. The molecular formula is C23H19F2N7O3. The first-order valence-corrected chi connectivity index (χ1v) is 11.0. The van der Waals surface area contributed by atoms with E-state index in [4.69, 9.17) is 9.36 Å². The van der Waals surface area contributed by atoms with Crippen LogP contribution in [-0.4, -0.2) is 55.1 Å². The molecule has 178 valence electrons. The summed E-state index contributed by atoms with van der Waals surface area (Å²) in [5.41, 5.74) is 1.88. The maximum Gasteiger partial charge on any atom is 0.230 e. The Morgan fingerprint density at radius 3 is 2.83 bits per heavy atom. The second-order valence-electron chi connectivity index (χ2n) is 8.35. The molecule has 1 N–H and O–H groups in total. The third-order valence-corrected chi connectivity index (χ3v) is 6.18. The van der Waals surface area contributed by atoms with E-state index in [1.807, 2.05) is 0 Å². The van der Waals surface area contributed by atoms with E-state index in [0.717, 1.165) is 6.20 Å². The summed E-state index contributed by atoms with van der Waals surface area (Å²) < 4.78 is 35.6. The van der Waals surface area contributed by atoms with Crippen LogP contribution in [0.15, 0.2) is 58.5 Å². The van der Waals surface area contributed by atoms with Crippen LogP contribution in [0.1, 0.15) is 12.0 Å². The fraction of sp³-hybridized carbons (Fsp3) is 0.261. The lowest BCUT2D eigenvalue weighted by molar-refractivity contribution is 0.0562. The van der Waals surface area contributed by atoms with Crippen molar-refractivity contribution >= 4 is 11.7 Å². The van der Waals surface area contributed by atoms with Gasteiger partial charge >= 0.3 is 0 Å². The van der Waals surface area contributed by atoms with Crippen molar-refractivity contribution in [1.82, 2.24) is 24.9 Å². The number of aliphatic hydroxyl groups is 1. The monoisotopic (exact) mass is 479 g/mol. The molecule has 0 saturated carbocycles. The number of hydrogen-bond acceptors (Lipinski definition) is 8. The first-order chi connectivity index (χ1) is 17.1. The molecular weight excluding hydrogens is 460 g/mol. The number of anilines is 1. The van der Waals surface area contributed by atoms with Gasteiger partial charge in [-0.3, -0.25) is 4.68 Å². The highest BCUT2D eigenvalue weighted by molar-refractivity contribution is 5.78. The average molecular weight is 479 g/mol. The summed E-state index contributed by atoms with van der Waals surface area (Å²) in [6, 6.07) is 9.79. The van der Waals surface area contributed by atoms with Crippen molar-refractivity contribution in [2.24, 2.45) is 11.1 Å². The molecule has 5 heterocycles. The van der Waals surface area contributed by atoms with E-state index in [9.17, 15) is 13.9 Å². The van der Waals surface area contributed by atoms with Gasteiger partial charge in [0.2, 0.25) is 5.90 Å². The topological polar surface area (TPSA) is 115 Å². The third-order valence-electron chi connectivity index (χ3n) is 6.18. The predicted molar refractivity (Wildman–Crippen MR) is 119 cm³/mol. The first kappa shape index (κ1) is 21.2. The molecule has 0 spiro atoms. The summed E-state index contributed by atoms with van der Waals surface area (Å²) in [5, 5.41) is 22.0. The minimum atomic E-state index is -0.585. The van der Waals surface area contributed by atoms with Crippen LogP contribution in [0.25, 0.3) is 22.9 Å². The number of piperidine rings is 1. The van der Waals surface area contributed by atoms with Crippen molar-refractivity contribution in [2.45, 2.75) is 19.1 Å². The number of fused-ring (bicyclic) bond motifs is 1. The summed E-state index contributed by atoms with van der Waals surface area (Å²) in [6.07, 6.45) is 2.70. The van der Waals surface area contributed by atoms with Gasteiger partial charge in [0.15, 0.2) is 23.6 Å². The van der Waals surface area contributed by atoms with Crippen LogP contribution in [0, 0.1) is 17.6 Å². The first-order valence-electron chi connectivity index (χ1n) is 11.0. The minimum absolute atomic E-state index is 0.0284. The number of aliphatic hydroxyl groups excluding tert-OH is 1. The van der Waals surface area contributed by atoms with E-state index in [-0.39, 0.29) is 41.9 Å². The van der Waals surface area contributed by atoms with Gasteiger partial charge in [-0.2, -0.15) is 5.10 Å². The van der Waals surface area contributed by atoms with E-state index < -0.39 is 5.82 Å². The average Bonchev–Trinajstić information content (AvgIpc) is 3.61. The van der Waals surface area contributed by atoms with Crippen molar-refractivity contribution in [3.8, 4) is 22.9 Å². The van der Waals surface area contributed by atoms with Gasteiger partial charge in [0.1, 0.15) is 23.5 Å². The normalized spacial score (nSPS) is 19.4. The van der Waals surface area contributed by atoms with E-state index in [1.54, 1.807) is 39.9 Å². The Kier molecular flexibility index (Phi) is 5.12. The van der Waals surface area contributed by atoms with Gasteiger partial charge in [-0.25, -0.2) is 18.7 Å². The zero-order chi connectivity index (χ0) is 23.9. The molecule has 4 aromatic rings. The Bertz CT molecular complexity index is 1410. The third kappa shape index (κ3) is 3.86. The number of halogens is 2. The second kappa shape index (κ2) is 8.46. The molecule has 0 bridgehead atoms. The highest BCUT2D eigenvalue weighted by atomic mass is 19.1. The Labute approximate surface area is 197 Å². The molecule has 2 atom stereocenters. The molecule has 2 unspecified atom stereocenters. The van der Waals surface area contributed by atoms with E-state index in [1.165, 1.54) is 12.3 Å². The fourth-order valence-electron chi connectivity index (χ4n) is 4.39. The lowest BCUT2D eigenvalue weighted by atomic mass is 9.94. The predicted octanol–water partition coefficient (Wildman–Crippen LogP) is 3.42. The zero-order valence-corrected chi connectivity index (χ0v) is 18.3. The standard InChI is InChI=1S/C23H19F2N7O3/c24-15-4-2-1-3-13(15)11-32-19(17-6-8-34-29-17)9-18(28-32)21-26-10-16(25)22(27-21)31-7-5-14-20(12-31)35-30-23(14)33/h1-4,6,8-10,14,20H,5,7,11-12H2,(H,30,33). The fourth-order valence-corrected chi connectivity index (χ4v) is 4.39. The molecule has 35 heavy (non-hydrogen) atoms. The lowest BCUT2D eigenvalue weighted by Crippen LogP contribution is -2.45. The van der Waals surface area contributed by atoms with Crippen molar-refractivity contribution < 1.29 is 23.2 Å². The van der Waals surface area contributed by atoms with Crippen LogP contribution in [0.3, 0.4) is 0 Å². The van der Waals surface area contributed by atoms with Gasteiger partial charge in [-0.1, -0.05) is 28.5 Å². The molecule has 10 nitrogen and oxygen atoms in total. The number of oxime groups is 1. The smallest absolute Gasteiger partial charge is 0.230 e. The highest BCUT2D eigenvalue weighted by Gasteiger charge is 2.40. The Hall–Kier alpha value is -4.35. The van der Waals surface area contributed by atoms with Gasteiger partial charge in [0.05, 0.1) is 30.9 Å². The molecule has 3 aromatic heterocycles. The van der Waals surface area contributed by atoms with Gasteiger partial charge in [0, 0.05) is 18.2 Å². The van der Waals surface area contributed by atoms with Gasteiger partial charge in [-0.05, 0) is 18.6 Å². The van der Waals surface area contributed by atoms with Crippen molar-refractivity contribution in [2.75, 3.05) is 18.0 Å². The van der Waals surface area contributed by atoms with Crippen LogP contribution >= 0.6 is 0 Å². The van der Waals surface area contributed by atoms with Gasteiger partial charge in [-0.15, -0.1) is 0 Å². The van der Waals surface area contributed by atoms with Gasteiger partial charge < -0.3 is 19.4 Å². The molecule has 6 rings (SSSR count). The van der Waals surface area contributed by atoms with Crippen LogP contribution in [-0.2, 0) is 11.4 Å². The number of benzene rings is 1. The summed E-state index contributed by atoms with van der Waals surface area (Å²) in [6.45, 7) is 0.917. The maximum atomic E-state index is 14.8. The van der Waals surface area contributed by atoms with Gasteiger partial charge in [0.25, 0.3) is 0 Å². The van der Waals surface area contributed by atoms with Crippen LogP contribution < -0.4 is 4.90 Å². The summed E-state index contributed by atoms with van der Waals surface area (Å²) in [7, 11) is 0. The largest absolute Gasteiger partial charge is 0.494 e. The highest BCUT2D eigenvalue weighted by Crippen LogP contribution is 2.31. The molecule has 2 aliphatic heterocycles. The number of rotatable bonds is 5. The summed E-state index contributed by atoms with van der Waals surface area (Å²) in [5.74, 6) is -0.863. The number of aromatic nitrogens is 5. The Balaban J connectivity index is 1.34. The molecule has 1 saturated heterocycles. The second-order valence-corrected chi connectivity index (χ2v) is 8.35. The summed E-state index contributed by atoms with van der Waals surface area (Å²) >= 11 is 0. The lowest BCUT2D eigenvalue weighted by Gasteiger charge is -2.33. The van der Waals surface area contributed by atoms with Crippen molar-refractivity contribution in [1.29, 1.82) is 0 Å². The van der Waals surface area contributed by atoms with Crippen molar-refractivity contribution in [3.05, 3.63) is 66.1 Å².